The molecule has 0 fully saturated rings. The first-order chi connectivity index (χ1) is 10.6. The third-order valence-electron chi connectivity index (χ3n) is 3.57. The van der Waals surface area contributed by atoms with E-state index in [9.17, 15) is 4.79 Å². The van der Waals surface area contributed by atoms with Gasteiger partial charge in [0.25, 0.3) is 5.91 Å². The fourth-order valence-corrected chi connectivity index (χ4v) is 2.36. The summed E-state index contributed by atoms with van der Waals surface area (Å²) in [6.45, 7) is 4.00. The highest BCUT2D eigenvalue weighted by molar-refractivity contribution is 5.97. The molecule has 112 valence electrons. The molecule has 6 heteroatoms. The van der Waals surface area contributed by atoms with E-state index in [0.29, 0.717) is 17.5 Å². The van der Waals surface area contributed by atoms with Crippen LogP contribution in [-0.2, 0) is 6.42 Å². The molecule has 0 aliphatic heterocycles. The van der Waals surface area contributed by atoms with E-state index < -0.39 is 0 Å². The number of amides is 1. The third kappa shape index (κ3) is 2.95. The summed E-state index contributed by atoms with van der Waals surface area (Å²) in [5.41, 5.74) is 4.13. The maximum absolute atomic E-state index is 12.3. The highest BCUT2D eigenvalue weighted by Crippen LogP contribution is 2.11. The molecule has 0 bridgehead atoms. The third-order valence-corrected chi connectivity index (χ3v) is 3.57. The van der Waals surface area contributed by atoms with Crippen LogP contribution in [0.1, 0.15) is 28.5 Å². The first kappa shape index (κ1) is 14.2. The molecule has 22 heavy (non-hydrogen) atoms. The summed E-state index contributed by atoms with van der Waals surface area (Å²) >= 11 is 0. The molecular weight excluding hydrogens is 278 g/mol. The number of nitrogens with zero attached hydrogens (tertiary/aromatic N) is 3. The largest absolute Gasteiger partial charge is 0.349 e. The molecule has 3 aromatic rings. The summed E-state index contributed by atoms with van der Waals surface area (Å²) in [6, 6.07) is 9.19. The fraction of sp³-hybridized carbons (Fsp3) is 0.250. The number of fused-ring (bicyclic) bond motifs is 1. The molecule has 2 N–H and O–H groups in total. The minimum Gasteiger partial charge on any atom is -0.349 e. The molecule has 0 radical (unpaired) electrons. The molecule has 1 amide bonds. The Morgan fingerprint density at radius 1 is 1.27 bits per heavy atom. The van der Waals surface area contributed by atoms with Gasteiger partial charge in [-0.2, -0.15) is 15.4 Å². The molecule has 0 saturated heterocycles. The average molecular weight is 295 g/mol. The fourth-order valence-electron chi connectivity index (χ4n) is 2.36. The second kappa shape index (κ2) is 5.93. The van der Waals surface area contributed by atoms with Crippen molar-refractivity contribution in [3.05, 3.63) is 53.3 Å². The minimum absolute atomic E-state index is 0.00546. The number of nitrogens with one attached hydrogen (secondary N) is 2. The van der Waals surface area contributed by atoms with Crippen molar-refractivity contribution in [1.82, 2.24) is 25.7 Å². The summed E-state index contributed by atoms with van der Waals surface area (Å²) in [5.74, 6) is -0.119. The van der Waals surface area contributed by atoms with Crippen molar-refractivity contribution in [1.29, 1.82) is 0 Å². The molecule has 0 spiro atoms. The maximum Gasteiger partial charge on any atom is 0.251 e. The van der Waals surface area contributed by atoms with Gasteiger partial charge in [0.15, 0.2) is 0 Å². The number of H-pyrrole nitrogens is 1. The van der Waals surface area contributed by atoms with E-state index in [1.54, 1.807) is 24.4 Å². The zero-order valence-corrected chi connectivity index (χ0v) is 12.5. The van der Waals surface area contributed by atoms with Gasteiger partial charge >= 0.3 is 0 Å². The van der Waals surface area contributed by atoms with Crippen molar-refractivity contribution in [3.8, 4) is 0 Å². The first-order valence-electron chi connectivity index (χ1n) is 7.15. The van der Waals surface area contributed by atoms with E-state index in [0.717, 1.165) is 16.8 Å². The van der Waals surface area contributed by atoms with Gasteiger partial charge in [0, 0.05) is 29.9 Å². The summed E-state index contributed by atoms with van der Waals surface area (Å²) in [4.78, 5) is 16.7. The Morgan fingerprint density at radius 3 is 2.91 bits per heavy atom. The predicted octanol–water partition coefficient (Wildman–Crippen LogP) is 2.02. The zero-order chi connectivity index (χ0) is 15.5. The average Bonchev–Trinajstić information content (AvgIpc) is 2.97. The second-order valence-electron chi connectivity index (χ2n) is 5.37. The van der Waals surface area contributed by atoms with Gasteiger partial charge in [0.05, 0.1) is 0 Å². The van der Waals surface area contributed by atoms with Crippen LogP contribution in [0.2, 0.25) is 0 Å². The van der Waals surface area contributed by atoms with Gasteiger partial charge in [-0.1, -0.05) is 6.07 Å². The first-order valence-corrected chi connectivity index (χ1v) is 7.15. The number of carbonyl (C=O) groups is 1. The van der Waals surface area contributed by atoms with Crippen LogP contribution in [0.4, 0.5) is 0 Å². The maximum atomic E-state index is 12.3. The number of aryl methyl sites for hydroxylation is 1. The molecule has 2 heterocycles. The van der Waals surface area contributed by atoms with Crippen molar-refractivity contribution in [3.63, 3.8) is 0 Å². The van der Waals surface area contributed by atoms with Crippen LogP contribution in [0.3, 0.4) is 0 Å². The highest BCUT2D eigenvalue weighted by atomic mass is 16.1. The van der Waals surface area contributed by atoms with Crippen LogP contribution in [-0.4, -0.2) is 32.3 Å². The van der Waals surface area contributed by atoms with Crippen LogP contribution >= 0.6 is 0 Å². The van der Waals surface area contributed by atoms with E-state index >= 15 is 0 Å². The Hall–Kier alpha value is -2.76. The van der Waals surface area contributed by atoms with Crippen molar-refractivity contribution >= 4 is 16.9 Å². The molecule has 1 unspecified atom stereocenters. The molecule has 0 aliphatic carbocycles. The Balaban J connectivity index is 1.69. The lowest BCUT2D eigenvalue weighted by Crippen LogP contribution is -2.34. The second-order valence-corrected chi connectivity index (χ2v) is 5.37. The van der Waals surface area contributed by atoms with Crippen molar-refractivity contribution < 1.29 is 4.79 Å². The molecule has 2 aromatic heterocycles. The molecular formula is C16H17N5O. The van der Waals surface area contributed by atoms with Crippen molar-refractivity contribution in [2.45, 2.75) is 26.3 Å². The van der Waals surface area contributed by atoms with Gasteiger partial charge in [-0.25, -0.2) is 0 Å². The molecule has 0 aliphatic rings. The Morgan fingerprint density at radius 2 is 2.09 bits per heavy atom. The van der Waals surface area contributed by atoms with E-state index in [2.05, 4.69) is 25.7 Å². The summed E-state index contributed by atoms with van der Waals surface area (Å²) in [7, 11) is 0. The SMILES string of the molecule is Cc1cccnc1CC(C)NC(=O)c1ccc2n[nH]nc2c1. The number of aromatic amines is 1. The van der Waals surface area contributed by atoms with Gasteiger partial charge in [-0.15, -0.1) is 0 Å². The minimum atomic E-state index is -0.119. The summed E-state index contributed by atoms with van der Waals surface area (Å²) in [5, 5.41) is 13.5. The molecule has 3 rings (SSSR count). The summed E-state index contributed by atoms with van der Waals surface area (Å²) in [6.07, 6.45) is 2.47. The highest BCUT2D eigenvalue weighted by Gasteiger charge is 2.13. The lowest BCUT2D eigenvalue weighted by molar-refractivity contribution is 0.0940. The van der Waals surface area contributed by atoms with E-state index in [-0.39, 0.29) is 11.9 Å². The number of pyridine rings is 1. The molecule has 1 aromatic carbocycles. The standard InChI is InChI=1S/C16H17N5O/c1-10-4-3-7-17-14(10)8-11(2)18-16(22)12-5-6-13-15(9-12)20-21-19-13/h3-7,9,11H,8H2,1-2H3,(H,18,22)(H,19,20,21). The number of hydrogen-bond acceptors (Lipinski definition) is 4. The lowest BCUT2D eigenvalue weighted by Gasteiger charge is -2.14. The van der Waals surface area contributed by atoms with Crippen LogP contribution in [0.15, 0.2) is 36.5 Å². The lowest BCUT2D eigenvalue weighted by atomic mass is 10.1. The normalized spacial score (nSPS) is 12.3. The van der Waals surface area contributed by atoms with E-state index in [1.165, 1.54) is 0 Å². The quantitative estimate of drug-likeness (QED) is 0.771. The molecule has 1 atom stereocenters. The number of benzene rings is 1. The van der Waals surface area contributed by atoms with Crippen LogP contribution in [0.5, 0.6) is 0 Å². The molecule has 0 saturated carbocycles. The Labute approximate surface area is 128 Å². The van der Waals surface area contributed by atoms with Gasteiger partial charge in [0.2, 0.25) is 0 Å². The van der Waals surface area contributed by atoms with Gasteiger partial charge in [-0.3, -0.25) is 9.78 Å². The topological polar surface area (TPSA) is 83.6 Å². The van der Waals surface area contributed by atoms with Crippen molar-refractivity contribution in [2.75, 3.05) is 0 Å². The Kier molecular flexibility index (Phi) is 3.82. The van der Waals surface area contributed by atoms with E-state index in [4.69, 9.17) is 0 Å². The van der Waals surface area contributed by atoms with Crippen LogP contribution < -0.4 is 5.32 Å². The number of hydrogen-bond donors (Lipinski definition) is 2. The number of rotatable bonds is 4. The smallest absolute Gasteiger partial charge is 0.251 e. The zero-order valence-electron chi connectivity index (χ0n) is 12.5. The summed E-state index contributed by atoms with van der Waals surface area (Å²) < 4.78 is 0. The van der Waals surface area contributed by atoms with Gasteiger partial charge in [-0.05, 0) is 43.7 Å². The van der Waals surface area contributed by atoms with Gasteiger partial charge < -0.3 is 5.32 Å². The van der Waals surface area contributed by atoms with Crippen molar-refractivity contribution in [2.24, 2.45) is 0 Å². The molecule has 6 nitrogen and oxygen atoms in total. The van der Waals surface area contributed by atoms with Crippen LogP contribution in [0, 0.1) is 6.92 Å². The predicted molar refractivity (Wildman–Crippen MR) is 83.5 cm³/mol. The van der Waals surface area contributed by atoms with Gasteiger partial charge in [0.1, 0.15) is 11.0 Å². The number of aromatic nitrogens is 4. The monoisotopic (exact) mass is 295 g/mol. The Bertz CT molecular complexity index is 811. The van der Waals surface area contributed by atoms with Crippen LogP contribution in [0.25, 0.3) is 11.0 Å². The van der Waals surface area contributed by atoms with E-state index in [1.807, 2.05) is 26.0 Å². The number of carbonyl (C=O) groups excluding carboxylic acids is 1.